The van der Waals surface area contributed by atoms with Gasteiger partial charge in [0.05, 0.1) is 5.37 Å². The van der Waals surface area contributed by atoms with E-state index >= 15 is 0 Å². The molecule has 10 heavy (non-hydrogen) atoms. The molecule has 0 aromatic rings. The minimum Gasteiger partial charge on any atom is -0.290 e. The summed E-state index contributed by atoms with van der Waals surface area (Å²) in [5, 5.41) is 0.435. The molecule has 0 aliphatic carbocycles. The molecule has 1 unspecified atom stereocenters. The molecule has 0 heterocycles. The number of hydrogen-bond acceptors (Lipinski definition) is 2. The van der Waals surface area contributed by atoms with Gasteiger partial charge in [-0.3, -0.25) is 4.90 Å². The van der Waals surface area contributed by atoms with E-state index in [4.69, 9.17) is 0 Å². The van der Waals surface area contributed by atoms with Gasteiger partial charge in [0, 0.05) is 6.04 Å². The summed E-state index contributed by atoms with van der Waals surface area (Å²) in [4.78, 5) is 2.38. The van der Waals surface area contributed by atoms with E-state index < -0.39 is 0 Å². The number of rotatable bonds is 4. The molecule has 0 aromatic heterocycles. The van der Waals surface area contributed by atoms with E-state index in [1.807, 2.05) is 0 Å². The van der Waals surface area contributed by atoms with Crippen LogP contribution in [0.2, 0.25) is 0 Å². The fourth-order valence-electron chi connectivity index (χ4n) is 1.15. The van der Waals surface area contributed by atoms with Crippen LogP contribution in [0.1, 0.15) is 34.1 Å². The molecule has 1 atom stereocenters. The first-order chi connectivity index (χ1) is 4.63. The van der Waals surface area contributed by atoms with E-state index in [0.717, 1.165) is 13.0 Å². The smallest absolute Gasteiger partial charge is 0.0527 e. The largest absolute Gasteiger partial charge is 0.290 e. The third-order valence-corrected chi connectivity index (χ3v) is 2.44. The Morgan fingerprint density at radius 2 is 1.80 bits per heavy atom. The zero-order valence-electron chi connectivity index (χ0n) is 7.46. The molecule has 0 saturated heterocycles. The van der Waals surface area contributed by atoms with Gasteiger partial charge in [0.1, 0.15) is 0 Å². The lowest BCUT2D eigenvalue weighted by molar-refractivity contribution is 0.214. The molecule has 0 amide bonds. The predicted molar refractivity (Wildman–Crippen MR) is 50.6 cm³/mol. The molecule has 0 aliphatic rings. The van der Waals surface area contributed by atoms with Crippen LogP contribution in [0.4, 0.5) is 0 Å². The second kappa shape index (κ2) is 5.03. The van der Waals surface area contributed by atoms with Crippen molar-refractivity contribution in [3.05, 3.63) is 0 Å². The first-order valence-corrected chi connectivity index (χ1v) is 4.58. The minimum atomic E-state index is 0.435. The normalized spacial score (nSPS) is 14.7. The van der Waals surface area contributed by atoms with Crippen LogP contribution in [-0.2, 0) is 0 Å². The predicted octanol–water partition coefficient (Wildman–Crippen LogP) is 2.38. The summed E-state index contributed by atoms with van der Waals surface area (Å²) in [6, 6.07) is 0.618. The lowest BCUT2D eigenvalue weighted by Gasteiger charge is -2.29. The molecule has 0 bridgehead atoms. The average Bonchev–Trinajstić information content (AvgIpc) is 1.88. The summed E-state index contributed by atoms with van der Waals surface area (Å²) < 4.78 is 0. The Bertz CT molecular complexity index is 83.3. The lowest BCUT2D eigenvalue weighted by atomic mass is 10.3. The third-order valence-electron chi connectivity index (χ3n) is 1.78. The molecule has 0 aliphatic heterocycles. The van der Waals surface area contributed by atoms with Gasteiger partial charge < -0.3 is 0 Å². The van der Waals surface area contributed by atoms with E-state index in [9.17, 15) is 0 Å². The lowest BCUT2D eigenvalue weighted by Crippen LogP contribution is -2.36. The second-order valence-corrected chi connectivity index (χ2v) is 3.41. The molecule has 2 heteroatoms. The Balaban J connectivity index is 3.80. The van der Waals surface area contributed by atoms with Gasteiger partial charge in [-0.15, -0.1) is 0 Å². The molecule has 0 N–H and O–H groups in total. The van der Waals surface area contributed by atoms with E-state index in [0.29, 0.717) is 11.4 Å². The van der Waals surface area contributed by atoms with Crippen LogP contribution in [0.15, 0.2) is 0 Å². The molecule has 1 nitrogen and oxygen atoms in total. The maximum Gasteiger partial charge on any atom is 0.0527 e. The SMILES string of the molecule is CCC(S)N(CC)C(C)C. The number of nitrogens with zero attached hydrogens (tertiary/aromatic N) is 1. The topological polar surface area (TPSA) is 3.24 Å². The molecule has 0 saturated carbocycles. The van der Waals surface area contributed by atoms with Gasteiger partial charge in [-0.05, 0) is 26.8 Å². The molecule has 0 fully saturated rings. The van der Waals surface area contributed by atoms with E-state index in [2.05, 4.69) is 45.2 Å². The van der Waals surface area contributed by atoms with Gasteiger partial charge in [0.15, 0.2) is 0 Å². The summed E-state index contributed by atoms with van der Waals surface area (Å²) in [7, 11) is 0. The first-order valence-electron chi connectivity index (χ1n) is 4.07. The standard InChI is InChI=1S/C8H19NS/c1-5-8(10)9(6-2)7(3)4/h7-8,10H,5-6H2,1-4H3. The highest BCUT2D eigenvalue weighted by molar-refractivity contribution is 7.80. The van der Waals surface area contributed by atoms with Crippen molar-refractivity contribution in [2.24, 2.45) is 0 Å². The van der Waals surface area contributed by atoms with Gasteiger partial charge in [-0.2, -0.15) is 12.6 Å². The highest BCUT2D eigenvalue weighted by atomic mass is 32.1. The van der Waals surface area contributed by atoms with Crippen molar-refractivity contribution in [3.63, 3.8) is 0 Å². The fraction of sp³-hybridized carbons (Fsp3) is 1.00. The fourth-order valence-corrected chi connectivity index (χ4v) is 1.58. The van der Waals surface area contributed by atoms with Crippen LogP contribution >= 0.6 is 12.6 Å². The zero-order valence-corrected chi connectivity index (χ0v) is 8.36. The van der Waals surface area contributed by atoms with Gasteiger partial charge >= 0.3 is 0 Å². The highest BCUT2D eigenvalue weighted by Crippen LogP contribution is 2.11. The van der Waals surface area contributed by atoms with Crippen molar-refractivity contribution in [2.75, 3.05) is 6.54 Å². The van der Waals surface area contributed by atoms with Crippen molar-refractivity contribution in [1.82, 2.24) is 4.90 Å². The Kier molecular flexibility index (Phi) is 5.18. The summed E-state index contributed by atoms with van der Waals surface area (Å²) in [6.07, 6.45) is 1.12. The Morgan fingerprint density at radius 1 is 1.30 bits per heavy atom. The van der Waals surface area contributed by atoms with E-state index in [1.165, 1.54) is 0 Å². The van der Waals surface area contributed by atoms with Crippen LogP contribution in [0, 0.1) is 0 Å². The summed E-state index contributed by atoms with van der Waals surface area (Å²) in [6.45, 7) is 9.87. The second-order valence-electron chi connectivity index (χ2n) is 2.81. The maximum atomic E-state index is 4.47. The van der Waals surface area contributed by atoms with Gasteiger partial charge in [-0.25, -0.2) is 0 Å². The molecule has 0 aromatic carbocycles. The van der Waals surface area contributed by atoms with Crippen molar-refractivity contribution < 1.29 is 0 Å². The van der Waals surface area contributed by atoms with Gasteiger partial charge in [-0.1, -0.05) is 13.8 Å². The molecular weight excluding hydrogens is 142 g/mol. The summed E-state index contributed by atoms with van der Waals surface area (Å²) in [5.41, 5.74) is 0. The molecule has 0 spiro atoms. The molecule has 0 radical (unpaired) electrons. The van der Waals surface area contributed by atoms with E-state index in [-0.39, 0.29) is 0 Å². The Hall–Kier alpha value is 0.310. The molecule has 0 rings (SSSR count). The summed E-state index contributed by atoms with van der Waals surface area (Å²) >= 11 is 4.47. The van der Waals surface area contributed by atoms with E-state index in [1.54, 1.807) is 0 Å². The van der Waals surface area contributed by atoms with Gasteiger partial charge in [0.2, 0.25) is 0 Å². The zero-order chi connectivity index (χ0) is 8.15. The minimum absolute atomic E-state index is 0.435. The van der Waals surface area contributed by atoms with Crippen molar-refractivity contribution in [2.45, 2.75) is 45.5 Å². The van der Waals surface area contributed by atoms with Crippen molar-refractivity contribution in [3.8, 4) is 0 Å². The van der Waals surface area contributed by atoms with Crippen LogP contribution in [0.25, 0.3) is 0 Å². The highest BCUT2D eigenvalue weighted by Gasteiger charge is 2.12. The summed E-state index contributed by atoms with van der Waals surface area (Å²) in [5.74, 6) is 0. The number of thiol groups is 1. The van der Waals surface area contributed by atoms with Crippen LogP contribution in [-0.4, -0.2) is 22.9 Å². The van der Waals surface area contributed by atoms with Gasteiger partial charge in [0.25, 0.3) is 0 Å². The molecular formula is C8H19NS. The third kappa shape index (κ3) is 2.93. The van der Waals surface area contributed by atoms with Crippen molar-refractivity contribution in [1.29, 1.82) is 0 Å². The number of hydrogen-bond donors (Lipinski definition) is 1. The van der Waals surface area contributed by atoms with Crippen LogP contribution < -0.4 is 0 Å². The Labute approximate surface area is 70.2 Å². The first kappa shape index (κ1) is 10.3. The van der Waals surface area contributed by atoms with Crippen molar-refractivity contribution >= 4 is 12.6 Å². The monoisotopic (exact) mass is 161 g/mol. The van der Waals surface area contributed by atoms with Crippen LogP contribution in [0.5, 0.6) is 0 Å². The maximum absolute atomic E-state index is 4.47. The molecule has 62 valence electrons. The average molecular weight is 161 g/mol. The quantitative estimate of drug-likeness (QED) is 0.489. The van der Waals surface area contributed by atoms with Crippen LogP contribution in [0.3, 0.4) is 0 Å². The Morgan fingerprint density at radius 3 is 1.90 bits per heavy atom.